The van der Waals surface area contributed by atoms with Gasteiger partial charge in [-0.3, -0.25) is 20.1 Å². The standard InChI is InChI=1S/C19H24N4O2/c1-25-19(24)21-18-4-2-3-17(13-18)15-23-11-9-22(10-12-23)14-16-5-7-20-8-6-16/h2-8,13H,9-12,14-15H2,1H3,(H,21,24). The molecule has 3 rings (SSSR count). The summed E-state index contributed by atoms with van der Waals surface area (Å²) >= 11 is 0. The molecular weight excluding hydrogens is 316 g/mol. The predicted octanol–water partition coefficient (Wildman–Crippen LogP) is 2.58. The molecule has 0 saturated carbocycles. The van der Waals surface area contributed by atoms with Gasteiger partial charge in [0.05, 0.1) is 7.11 Å². The van der Waals surface area contributed by atoms with E-state index in [1.54, 1.807) is 0 Å². The lowest BCUT2D eigenvalue weighted by Gasteiger charge is -2.34. The molecular formula is C19H24N4O2. The second-order valence-corrected chi connectivity index (χ2v) is 6.22. The summed E-state index contributed by atoms with van der Waals surface area (Å²) in [7, 11) is 1.37. The summed E-state index contributed by atoms with van der Waals surface area (Å²) in [5.41, 5.74) is 3.27. The van der Waals surface area contributed by atoms with Crippen molar-refractivity contribution in [3.05, 3.63) is 59.9 Å². The molecule has 2 aromatic rings. The van der Waals surface area contributed by atoms with Crippen LogP contribution in [0.3, 0.4) is 0 Å². The molecule has 0 bridgehead atoms. The number of pyridine rings is 1. The zero-order valence-electron chi connectivity index (χ0n) is 14.5. The van der Waals surface area contributed by atoms with Gasteiger partial charge < -0.3 is 4.74 Å². The van der Waals surface area contributed by atoms with Crippen molar-refractivity contribution >= 4 is 11.8 Å². The number of hydrogen-bond acceptors (Lipinski definition) is 5. The fraction of sp³-hybridized carbons (Fsp3) is 0.368. The van der Waals surface area contributed by atoms with Gasteiger partial charge in [-0.15, -0.1) is 0 Å². The Balaban J connectivity index is 1.49. The lowest BCUT2D eigenvalue weighted by molar-refractivity contribution is 0.122. The number of anilines is 1. The van der Waals surface area contributed by atoms with E-state index in [-0.39, 0.29) is 0 Å². The molecule has 1 fully saturated rings. The zero-order chi connectivity index (χ0) is 17.5. The first-order chi connectivity index (χ1) is 12.2. The average Bonchev–Trinajstić information content (AvgIpc) is 2.64. The van der Waals surface area contributed by atoms with Gasteiger partial charge in [0.15, 0.2) is 0 Å². The van der Waals surface area contributed by atoms with Crippen molar-refractivity contribution in [1.82, 2.24) is 14.8 Å². The van der Waals surface area contributed by atoms with E-state index in [0.29, 0.717) is 0 Å². The van der Waals surface area contributed by atoms with E-state index >= 15 is 0 Å². The minimum atomic E-state index is -0.443. The third-order valence-corrected chi connectivity index (χ3v) is 4.39. The Hall–Kier alpha value is -2.44. The topological polar surface area (TPSA) is 57.7 Å². The van der Waals surface area contributed by atoms with E-state index in [1.165, 1.54) is 18.2 Å². The molecule has 0 unspecified atom stereocenters. The van der Waals surface area contributed by atoms with E-state index in [2.05, 4.69) is 43.0 Å². The maximum Gasteiger partial charge on any atom is 0.411 e. The largest absolute Gasteiger partial charge is 0.453 e. The molecule has 1 aromatic heterocycles. The maximum atomic E-state index is 11.3. The number of rotatable bonds is 5. The Bertz CT molecular complexity index is 685. The van der Waals surface area contributed by atoms with E-state index in [4.69, 9.17) is 0 Å². The van der Waals surface area contributed by atoms with Crippen molar-refractivity contribution in [3.8, 4) is 0 Å². The highest BCUT2D eigenvalue weighted by Crippen LogP contribution is 2.15. The van der Waals surface area contributed by atoms with Crippen LogP contribution in [0.4, 0.5) is 10.5 Å². The molecule has 1 aromatic carbocycles. The molecule has 1 aliphatic heterocycles. The number of aromatic nitrogens is 1. The number of carbonyl (C=O) groups excluding carboxylic acids is 1. The van der Waals surface area contributed by atoms with E-state index in [0.717, 1.165) is 45.0 Å². The van der Waals surface area contributed by atoms with Gasteiger partial charge in [0.1, 0.15) is 0 Å². The van der Waals surface area contributed by atoms with Crippen LogP contribution in [0.2, 0.25) is 0 Å². The lowest BCUT2D eigenvalue weighted by Crippen LogP contribution is -2.45. The van der Waals surface area contributed by atoms with Crippen molar-refractivity contribution < 1.29 is 9.53 Å². The van der Waals surface area contributed by atoms with Crippen molar-refractivity contribution in [1.29, 1.82) is 0 Å². The summed E-state index contributed by atoms with van der Waals surface area (Å²) in [6, 6.07) is 12.1. The van der Waals surface area contributed by atoms with Crippen molar-refractivity contribution in [3.63, 3.8) is 0 Å². The average molecular weight is 340 g/mol. The van der Waals surface area contributed by atoms with Crippen LogP contribution in [0.5, 0.6) is 0 Å². The first kappa shape index (κ1) is 17.4. The molecule has 0 radical (unpaired) electrons. The van der Waals surface area contributed by atoms with Gasteiger partial charge in [-0.25, -0.2) is 4.79 Å². The Morgan fingerprint density at radius 3 is 2.32 bits per heavy atom. The monoisotopic (exact) mass is 340 g/mol. The third-order valence-electron chi connectivity index (χ3n) is 4.39. The first-order valence-electron chi connectivity index (χ1n) is 8.50. The van der Waals surface area contributed by atoms with Crippen molar-refractivity contribution in [2.45, 2.75) is 13.1 Å². The van der Waals surface area contributed by atoms with E-state index < -0.39 is 6.09 Å². The quantitative estimate of drug-likeness (QED) is 0.907. The van der Waals surface area contributed by atoms with Gasteiger partial charge >= 0.3 is 6.09 Å². The summed E-state index contributed by atoms with van der Waals surface area (Å²) in [6.07, 6.45) is 3.25. The molecule has 0 aliphatic carbocycles. The number of piperazine rings is 1. The van der Waals surface area contributed by atoms with Crippen LogP contribution in [0.25, 0.3) is 0 Å². The van der Waals surface area contributed by atoms with Crippen molar-refractivity contribution in [2.75, 3.05) is 38.6 Å². The van der Waals surface area contributed by atoms with Crippen LogP contribution in [0, 0.1) is 0 Å². The van der Waals surface area contributed by atoms with E-state index in [9.17, 15) is 4.79 Å². The number of nitrogens with zero attached hydrogens (tertiary/aromatic N) is 3. The summed E-state index contributed by atoms with van der Waals surface area (Å²) in [6.45, 7) is 6.07. The van der Waals surface area contributed by atoms with Gasteiger partial charge in [-0.1, -0.05) is 12.1 Å². The summed E-state index contributed by atoms with van der Waals surface area (Å²) in [5, 5.41) is 2.71. The fourth-order valence-electron chi connectivity index (χ4n) is 3.03. The molecule has 0 spiro atoms. The minimum Gasteiger partial charge on any atom is -0.453 e. The molecule has 1 amide bonds. The maximum absolute atomic E-state index is 11.3. The summed E-state index contributed by atoms with van der Waals surface area (Å²) in [4.78, 5) is 20.3. The number of ether oxygens (including phenoxy) is 1. The number of benzene rings is 1. The number of nitrogens with one attached hydrogen (secondary N) is 1. The highest BCUT2D eigenvalue weighted by molar-refractivity contribution is 5.84. The van der Waals surface area contributed by atoms with Crippen LogP contribution in [-0.2, 0) is 17.8 Å². The predicted molar refractivity (Wildman–Crippen MR) is 97.3 cm³/mol. The molecule has 1 aliphatic rings. The number of carbonyl (C=O) groups is 1. The Labute approximate surface area is 148 Å². The molecule has 0 atom stereocenters. The number of methoxy groups -OCH3 is 1. The van der Waals surface area contributed by atoms with Crippen molar-refractivity contribution in [2.24, 2.45) is 0 Å². The van der Waals surface area contributed by atoms with Crippen LogP contribution < -0.4 is 5.32 Å². The second kappa shape index (κ2) is 8.60. The smallest absolute Gasteiger partial charge is 0.411 e. The molecule has 2 heterocycles. The molecule has 6 heteroatoms. The molecule has 6 nitrogen and oxygen atoms in total. The fourth-order valence-corrected chi connectivity index (χ4v) is 3.03. The van der Waals surface area contributed by atoms with Gasteiger partial charge in [0.2, 0.25) is 0 Å². The first-order valence-corrected chi connectivity index (χ1v) is 8.50. The Morgan fingerprint density at radius 2 is 1.68 bits per heavy atom. The Morgan fingerprint density at radius 1 is 1.04 bits per heavy atom. The van der Waals surface area contributed by atoms with Gasteiger partial charge in [-0.2, -0.15) is 0 Å². The molecule has 1 saturated heterocycles. The van der Waals surface area contributed by atoms with Gasteiger partial charge in [0.25, 0.3) is 0 Å². The highest BCUT2D eigenvalue weighted by atomic mass is 16.5. The van der Waals surface area contributed by atoms with Crippen LogP contribution in [0.15, 0.2) is 48.8 Å². The van der Waals surface area contributed by atoms with Crippen LogP contribution >= 0.6 is 0 Å². The zero-order valence-corrected chi connectivity index (χ0v) is 14.5. The van der Waals surface area contributed by atoms with Gasteiger partial charge in [0, 0.05) is 57.3 Å². The normalized spacial score (nSPS) is 15.7. The second-order valence-electron chi connectivity index (χ2n) is 6.22. The highest BCUT2D eigenvalue weighted by Gasteiger charge is 2.17. The lowest BCUT2D eigenvalue weighted by atomic mass is 10.1. The molecule has 25 heavy (non-hydrogen) atoms. The van der Waals surface area contributed by atoms with Gasteiger partial charge in [-0.05, 0) is 35.4 Å². The third kappa shape index (κ3) is 5.27. The summed E-state index contributed by atoms with van der Waals surface area (Å²) in [5.74, 6) is 0. The van der Waals surface area contributed by atoms with Crippen LogP contribution in [-0.4, -0.2) is 54.2 Å². The molecule has 132 valence electrons. The number of amides is 1. The van der Waals surface area contributed by atoms with E-state index in [1.807, 2.05) is 30.6 Å². The number of hydrogen-bond donors (Lipinski definition) is 1. The molecule has 1 N–H and O–H groups in total. The Kier molecular flexibility index (Phi) is 5.98. The SMILES string of the molecule is COC(=O)Nc1cccc(CN2CCN(Cc3ccncc3)CC2)c1. The van der Waals surface area contributed by atoms with Crippen LogP contribution in [0.1, 0.15) is 11.1 Å². The minimum absolute atomic E-state index is 0.443. The summed E-state index contributed by atoms with van der Waals surface area (Å²) < 4.78 is 4.63.